The molecule has 3 aromatic rings. The number of esters is 1. The van der Waals surface area contributed by atoms with Crippen molar-refractivity contribution in [3.63, 3.8) is 0 Å². The van der Waals surface area contributed by atoms with Gasteiger partial charge in [-0.25, -0.2) is 4.79 Å². The molecule has 3 rings (SSSR count). The Kier molecular flexibility index (Phi) is 3.97. The Balaban J connectivity index is 1.87. The molecule has 0 saturated heterocycles. The second-order valence-corrected chi connectivity index (χ2v) is 5.24. The Hall–Kier alpha value is -2.89. The van der Waals surface area contributed by atoms with Gasteiger partial charge in [0.05, 0.1) is 12.6 Å². The van der Waals surface area contributed by atoms with E-state index in [-0.39, 0.29) is 0 Å². The third kappa shape index (κ3) is 3.01. The van der Waals surface area contributed by atoms with E-state index in [1.165, 1.54) is 11.8 Å². The highest BCUT2D eigenvalue weighted by molar-refractivity contribution is 6.02. The zero-order chi connectivity index (χ0) is 16.4. The van der Waals surface area contributed by atoms with E-state index in [4.69, 9.17) is 9.47 Å². The molecule has 1 aromatic carbocycles. The highest BCUT2D eigenvalue weighted by Crippen LogP contribution is 2.24. The smallest absolute Gasteiger partial charge is 0.356 e. The quantitative estimate of drug-likeness (QED) is 0.693. The molecular formula is C17H17N3O3. The lowest BCUT2D eigenvalue weighted by molar-refractivity contribution is 0.0590. The number of ether oxygens (including phenoxy) is 2. The topological polar surface area (TPSA) is 66.2 Å². The van der Waals surface area contributed by atoms with Gasteiger partial charge in [0.15, 0.2) is 5.69 Å². The van der Waals surface area contributed by atoms with Crippen molar-refractivity contribution in [1.29, 1.82) is 0 Å². The molecule has 0 radical (unpaired) electrons. The standard InChI is InChI=1S/C17H17N3O3/c1-11-4-5-12(9-18-11)10-23-13-6-7-15-14(8-13)16(17(21)22-3)20(2)19-15/h4-9H,10H2,1-3H3. The molecule has 0 saturated carbocycles. The van der Waals surface area contributed by atoms with Crippen molar-refractivity contribution in [2.24, 2.45) is 7.05 Å². The van der Waals surface area contributed by atoms with Gasteiger partial charge in [0.2, 0.25) is 0 Å². The molecule has 0 aliphatic rings. The van der Waals surface area contributed by atoms with Crippen LogP contribution in [0.4, 0.5) is 0 Å². The van der Waals surface area contributed by atoms with Crippen LogP contribution in [0.1, 0.15) is 21.7 Å². The van der Waals surface area contributed by atoms with E-state index in [1.807, 2.05) is 31.2 Å². The number of nitrogens with zero attached hydrogens (tertiary/aromatic N) is 3. The number of hydrogen-bond donors (Lipinski definition) is 0. The van der Waals surface area contributed by atoms with Crippen molar-refractivity contribution in [3.8, 4) is 5.75 Å². The predicted molar refractivity (Wildman–Crippen MR) is 85.4 cm³/mol. The average molecular weight is 311 g/mol. The van der Waals surface area contributed by atoms with Crippen LogP contribution in [-0.2, 0) is 18.4 Å². The van der Waals surface area contributed by atoms with Gasteiger partial charge >= 0.3 is 5.97 Å². The van der Waals surface area contributed by atoms with E-state index < -0.39 is 5.97 Å². The lowest BCUT2D eigenvalue weighted by Crippen LogP contribution is -2.08. The third-order valence-corrected chi connectivity index (χ3v) is 3.56. The van der Waals surface area contributed by atoms with Crippen molar-refractivity contribution in [2.45, 2.75) is 13.5 Å². The lowest BCUT2D eigenvalue weighted by atomic mass is 10.2. The fourth-order valence-corrected chi connectivity index (χ4v) is 2.36. The molecule has 2 heterocycles. The summed E-state index contributed by atoms with van der Waals surface area (Å²) in [5, 5.41) is 5.01. The molecule has 0 unspecified atom stereocenters. The summed E-state index contributed by atoms with van der Waals surface area (Å²) in [5.41, 5.74) is 3.07. The SMILES string of the molecule is COC(=O)c1c2cc(OCc3ccc(C)nc3)ccc2nn1C. The number of aromatic nitrogens is 3. The molecule has 6 heteroatoms. The van der Waals surface area contributed by atoms with Gasteiger partial charge in [0.25, 0.3) is 0 Å². The van der Waals surface area contributed by atoms with E-state index in [2.05, 4.69) is 10.1 Å². The van der Waals surface area contributed by atoms with Crippen LogP contribution in [0.25, 0.3) is 10.9 Å². The highest BCUT2D eigenvalue weighted by atomic mass is 16.5. The molecule has 0 atom stereocenters. The average Bonchev–Trinajstić information content (AvgIpc) is 2.88. The number of aryl methyl sites for hydroxylation is 2. The summed E-state index contributed by atoms with van der Waals surface area (Å²) in [7, 11) is 3.07. The highest BCUT2D eigenvalue weighted by Gasteiger charge is 2.17. The molecule has 6 nitrogen and oxygen atoms in total. The number of methoxy groups -OCH3 is 1. The number of fused-ring (bicyclic) bond motifs is 1. The normalized spacial score (nSPS) is 10.7. The summed E-state index contributed by atoms with van der Waals surface area (Å²) in [6.45, 7) is 2.35. The van der Waals surface area contributed by atoms with Crippen LogP contribution in [0.3, 0.4) is 0 Å². The Morgan fingerprint density at radius 3 is 2.78 bits per heavy atom. The minimum absolute atomic E-state index is 0.407. The largest absolute Gasteiger partial charge is 0.489 e. The molecule has 0 N–H and O–H groups in total. The molecule has 23 heavy (non-hydrogen) atoms. The third-order valence-electron chi connectivity index (χ3n) is 3.56. The predicted octanol–water partition coefficient (Wildman–Crippen LogP) is 2.64. The summed E-state index contributed by atoms with van der Waals surface area (Å²) in [6, 6.07) is 9.38. The maximum Gasteiger partial charge on any atom is 0.356 e. The first kappa shape index (κ1) is 15.0. The maximum absolute atomic E-state index is 11.9. The minimum Gasteiger partial charge on any atom is -0.489 e. The number of pyridine rings is 1. The van der Waals surface area contributed by atoms with Gasteiger partial charge in [0, 0.05) is 29.9 Å². The van der Waals surface area contributed by atoms with Crippen LogP contribution in [0.2, 0.25) is 0 Å². The lowest BCUT2D eigenvalue weighted by Gasteiger charge is -2.06. The first-order chi connectivity index (χ1) is 11.1. The van der Waals surface area contributed by atoms with Gasteiger partial charge in [-0.2, -0.15) is 5.10 Å². The summed E-state index contributed by atoms with van der Waals surface area (Å²) < 4.78 is 12.1. The van der Waals surface area contributed by atoms with Crippen molar-refractivity contribution >= 4 is 16.9 Å². The zero-order valence-corrected chi connectivity index (χ0v) is 13.2. The van der Waals surface area contributed by atoms with Crippen molar-refractivity contribution in [3.05, 3.63) is 53.5 Å². The van der Waals surface area contributed by atoms with Gasteiger partial charge in [-0.1, -0.05) is 6.07 Å². The van der Waals surface area contributed by atoms with Crippen LogP contribution >= 0.6 is 0 Å². The number of carbonyl (C=O) groups is 1. The van der Waals surface area contributed by atoms with E-state index >= 15 is 0 Å². The van der Waals surface area contributed by atoms with Crippen LogP contribution in [0.15, 0.2) is 36.5 Å². The minimum atomic E-state index is -0.421. The Morgan fingerprint density at radius 1 is 1.26 bits per heavy atom. The number of rotatable bonds is 4. The summed E-state index contributed by atoms with van der Waals surface area (Å²) in [5.74, 6) is 0.242. The summed E-state index contributed by atoms with van der Waals surface area (Å²) in [6.07, 6.45) is 1.79. The van der Waals surface area contributed by atoms with Gasteiger partial charge in [-0.3, -0.25) is 9.67 Å². The molecule has 0 aliphatic heterocycles. The second-order valence-electron chi connectivity index (χ2n) is 5.24. The van der Waals surface area contributed by atoms with Crippen LogP contribution in [-0.4, -0.2) is 27.8 Å². The second kappa shape index (κ2) is 6.08. The van der Waals surface area contributed by atoms with Gasteiger partial charge in [-0.05, 0) is 31.2 Å². The fourth-order valence-electron chi connectivity index (χ4n) is 2.36. The molecule has 0 aliphatic carbocycles. The van der Waals surface area contributed by atoms with Gasteiger partial charge in [-0.15, -0.1) is 0 Å². The Labute approximate surface area is 133 Å². The fraction of sp³-hybridized carbons (Fsp3) is 0.235. The van der Waals surface area contributed by atoms with Crippen molar-refractivity contribution < 1.29 is 14.3 Å². The molecule has 118 valence electrons. The zero-order valence-electron chi connectivity index (χ0n) is 13.2. The Morgan fingerprint density at radius 2 is 2.09 bits per heavy atom. The van der Waals surface area contributed by atoms with Crippen molar-refractivity contribution in [1.82, 2.24) is 14.8 Å². The van der Waals surface area contributed by atoms with E-state index in [0.717, 1.165) is 16.8 Å². The maximum atomic E-state index is 11.9. The molecule has 0 bridgehead atoms. The summed E-state index contributed by atoms with van der Waals surface area (Å²) >= 11 is 0. The molecule has 2 aromatic heterocycles. The molecule has 0 spiro atoms. The van der Waals surface area contributed by atoms with E-state index in [9.17, 15) is 4.79 Å². The number of benzene rings is 1. The molecular weight excluding hydrogens is 294 g/mol. The Bertz CT molecular complexity index is 853. The first-order valence-corrected chi connectivity index (χ1v) is 7.18. The number of carbonyl (C=O) groups excluding carboxylic acids is 1. The van der Waals surface area contributed by atoms with E-state index in [0.29, 0.717) is 23.4 Å². The van der Waals surface area contributed by atoms with Gasteiger partial charge in [0.1, 0.15) is 12.4 Å². The van der Waals surface area contributed by atoms with Crippen LogP contribution < -0.4 is 4.74 Å². The van der Waals surface area contributed by atoms with Crippen molar-refractivity contribution in [2.75, 3.05) is 7.11 Å². The molecule has 0 fully saturated rings. The monoisotopic (exact) mass is 311 g/mol. The van der Waals surface area contributed by atoms with Gasteiger partial charge < -0.3 is 9.47 Å². The first-order valence-electron chi connectivity index (χ1n) is 7.18. The summed E-state index contributed by atoms with van der Waals surface area (Å²) in [4.78, 5) is 16.1. The van der Waals surface area contributed by atoms with Crippen LogP contribution in [0.5, 0.6) is 5.75 Å². The van der Waals surface area contributed by atoms with E-state index in [1.54, 1.807) is 19.3 Å². The molecule has 0 amide bonds. The number of hydrogen-bond acceptors (Lipinski definition) is 5. The van der Waals surface area contributed by atoms with Crippen LogP contribution in [0, 0.1) is 6.92 Å².